The van der Waals surface area contributed by atoms with Gasteiger partial charge in [0.15, 0.2) is 0 Å². The van der Waals surface area contributed by atoms with Crippen LogP contribution in [0.3, 0.4) is 0 Å². The van der Waals surface area contributed by atoms with Crippen LogP contribution < -0.4 is 14.9 Å². The molecule has 0 saturated carbocycles. The first-order chi connectivity index (χ1) is 15.9. The molecule has 33 heavy (non-hydrogen) atoms. The number of benzene rings is 3. The number of aromatic nitrogens is 1. The van der Waals surface area contributed by atoms with Gasteiger partial charge in [0.05, 0.1) is 29.6 Å². The van der Waals surface area contributed by atoms with Crippen molar-refractivity contribution in [3.63, 3.8) is 0 Å². The number of nitro groups is 1. The van der Waals surface area contributed by atoms with Gasteiger partial charge < -0.3 is 9.72 Å². The standard InChI is InChI=1S/C22H19N5O5S/c1-32-21-9-5-4-8-19(21)26-33(30,31)22-12-16(27(28)29)10-11-20(22)25-24-14-15-13-23-18-7-3-2-6-17(15)18/h2-14,23,25-26H,1H3/b24-14-. The number of hydrogen-bond acceptors (Lipinski definition) is 7. The summed E-state index contributed by atoms with van der Waals surface area (Å²) < 4.78 is 33.9. The molecule has 0 bridgehead atoms. The van der Waals surface area contributed by atoms with Gasteiger partial charge in [0.1, 0.15) is 10.6 Å². The highest BCUT2D eigenvalue weighted by atomic mass is 32.2. The van der Waals surface area contributed by atoms with E-state index in [1.54, 1.807) is 24.4 Å². The number of nitrogens with one attached hydrogen (secondary N) is 3. The van der Waals surface area contributed by atoms with Crippen molar-refractivity contribution in [2.45, 2.75) is 4.90 Å². The maximum absolute atomic E-state index is 13.1. The van der Waals surface area contributed by atoms with E-state index in [1.165, 1.54) is 31.5 Å². The van der Waals surface area contributed by atoms with Gasteiger partial charge in [0.2, 0.25) is 0 Å². The molecule has 3 aromatic carbocycles. The summed E-state index contributed by atoms with van der Waals surface area (Å²) in [7, 11) is -2.82. The summed E-state index contributed by atoms with van der Waals surface area (Å²) in [4.78, 5) is 13.4. The third-order valence-electron chi connectivity index (χ3n) is 4.83. The lowest BCUT2D eigenvalue weighted by Gasteiger charge is -2.14. The van der Waals surface area contributed by atoms with Gasteiger partial charge in [-0.15, -0.1) is 0 Å². The van der Waals surface area contributed by atoms with Gasteiger partial charge in [-0.1, -0.05) is 30.3 Å². The minimum Gasteiger partial charge on any atom is -0.495 e. The maximum Gasteiger partial charge on any atom is 0.270 e. The first-order valence-corrected chi connectivity index (χ1v) is 11.2. The first-order valence-electron chi connectivity index (χ1n) is 9.68. The Labute approximate surface area is 189 Å². The van der Waals surface area contributed by atoms with Crippen molar-refractivity contribution in [2.75, 3.05) is 17.3 Å². The lowest BCUT2D eigenvalue weighted by molar-refractivity contribution is -0.385. The molecular weight excluding hydrogens is 446 g/mol. The fraction of sp³-hybridized carbons (Fsp3) is 0.0455. The van der Waals surface area contributed by atoms with Crippen LogP contribution in [0.5, 0.6) is 5.75 Å². The summed E-state index contributed by atoms with van der Waals surface area (Å²) in [5.74, 6) is 0.304. The molecule has 0 fully saturated rings. The Hall–Kier alpha value is -4.38. The number of aromatic amines is 1. The molecule has 168 valence electrons. The van der Waals surface area contributed by atoms with Crippen LogP contribution >= 0.6 is 0 Å². The summed E-state index contributed by atoms with van der Waals surface area (Å²) in [5.41, 5.74) is 4.29. The molecule has 0 atom stereocenters. The third-order valence-corrected chi connectivity index (χ3v) is 6.23. The number of non-ortho nitro benzene ring substituents is 1. The number of sulfonamides is 1. The number of rotatable bonds is 8. The quantitative estimate of drug-likeness (QED) is 0.201. The number of methoxy groups -OCH3 is 1. The maximum atomic E-state index is 13.1. The van der Waals surface area contributed by atoms with Crippen LogP contribution in [0.15, 0.2) is 82.9 Å². The van der Waals surface area contributed by atoms with Gasteiger partial charge in [-0.25, -0.2) is 8.42 Å². The molecule has 4 rings (SSSR count). The number of ether oxygens (including phenoxy) is 1. The van der Waals surface area contributed by atoms with Crippen LogP contribution in [0.1, 0.15) is 5.56 Å². The second-order valence-electron chi connectivity index (χ2n) is 6.90. The van der Waals surface area contributed by atoms with E-state index in [0.29, 0.717) is 5.75 Å². The molecule has 1 aromatic heterocycles. The van der Waals surface area contributed by atoms with E-state index in [4.69, 9.17) is 4.74 Å². The summed E-state index contributed by atoms with van der Waals surface area (Å²) >= 11 is 0. The molecule has 0 amide bonds. The molecule has 0 aliphatic carbocycles. The first kappa shape index (κ1) is 21.8. The highest BCUT2D eigenvalue weighted by Gasteiger charge is 2.23. The van der Waals surface area contributed by atoms with Gasteiger partial charge in [-0.3, -0.25) is 20.3 Å². The van der Waals surface area contributed by atoms with Crippen LogP contribution in [-0.4, -0.2) is 31.6 Å². The van der Waals surface area contributed by atoms with E-state index in [0.717, 1.165) is 22.5 Å². The van der Waals surface area contributed by atoms with E-state index in [2.05, 4.69) is 20.2 Å². The second kappa shape index (κ2) is 9.01. The van der Waals surface area contributed by atoms with Crippen molar-refractivity contribution in [2.24, 2.45) is 5.10 Å². The zero-order valence-corrected chi connectivity index (χ0v) is 18.2. The van der Waals surface area contributed by atoms with Gasteiger partial charge in [0.25, 0.3) is 15.7 Å². The molecule has 11 heteroatoms. The van der Waals surface area contributed by atoms with E-state index in [9.17, 15) is 18.5 Å². The average molecular weight is 465 g/mol. The fourth-order valence-electron chi connectivity index (χ4n) is 3.24. The number of nitro benzene ring substituents is 1. The number of H-pyrrole nitrogens is 1. The molecule has 0 aliphatic heterocycles. The van der Waals surface area contributed by atoms with Crippen LogP contribution in [0.2, 0.25) is 0 Å². The number of hydrogen-bond donors (Lipinski definition) is 3. The Morgan fingerprint density at radius 1 is 1.06 bits per heavy atom. The number of para-hydroxylation sites is 3. The minimum absolute atomic E-state index is 0.0686. The predicted molar refractivity (Wildman–Crippen MR) is 126 cm³/mol. The van der Waals surface area contributed by atoms with E-state index >= 15 is 0 Å². The molecule has 4 aromatic rings. The summed E-state index contributed by atoms with van der Waals surface area (Å²) in [6.07, 6.45) is 3.30. The van der Waals surface area contributed by atoms with Crippen molar-refractivity contribution in [3.8, 4) is 5.75 Å². The smallest absolute Gasteiger partial charge is 0.270 e. The van der Waals surface area contributed by atoms with Crippen LogP contribution in [0.25, 0.3) is 10.9 Å². The Morgan fingerprint density at radius 2 is 1.82 bits per heavy atom. The van der Waals surface area contributed by atoms with E-state index in [-0.39, 0.29) is 22.0 Å². The van der Waals surface area contributed by atoms with Gasteiger partial charge >= 0.3 is 0 Å². The molecular formula is C22H19N5O5S. The fourth-order valence-corrected chi connectivity index (χ4v) is 4.49. The molecule has 1 heterocycles. The average Bonchev–Trinajstić information content (AvgIpc) is 3.22. The Balaban J connectivity index is 1.68. The van der Waals surface area contributed by atoms with Crippen molar-refractivity contribution < 1.29 is 18.1 Å². The number of anilines is 2. The van der Waals surface area contributed by atoms with Gasteiger partial charge in [-0.05, 0) is 24.3 Å². The SMILES string of the molecule is COc1ccccc1NS(=O)(=O)c1cc([N+](=O)[O-])ccc1N/N=C\c1c[nH]c2ccccc12. The molecule has 0 saturated heterocycles. The lowest BCUT2D eigenvalue weighted by Crippen LogP contribution is -2.15. The molecule has 3 N–H and O–H groups in total. The third kappa shape index (κ3) is 4.62. The Morgan fingerprint density at radius 3 is 2.61 bits per heavy atom. The molecule has 0 unspecified atom stereocenters. The number of hydrazone groups is 1. The monoisotopic (exact) mass is 465 g/mol. The molecule has 0 spiro atoms. The zero-order valence-electron chi connectivity index (χ0n) is 17.3. The molecule has 0 radical (unpaired) electrons. The van der Waals surface area contributed by atoms with Crippen LogP contribution in [-0.2, 0) is 10.0 Å². The van der Waals surface area contributed by atoms with E-state index in [1.807, 2.05) is 24.3 Å². The van der Waals surface area contributed by atoms with Crippen molar-refractivity contribution >= 4 is 44.2 Å². The molecule has 0 aliphatic rings. The topological polar surface area (TPSA) is 139 Å². The van der Waals surface area contributed by atoms with E-state index < -0.39 is 14.9 Å². The largest absolute Gasteiger partial charge is 0.495 e. The Bertz CT molecular complexity index is 1460. The molecule has 10 nitrogen and oxygen atoms in total. The van der Waals surface area contributed by atoms with Gasteiger partial charge in [0, 0.05) is 34.8 Å². The summed E-state index contributed by atoms with van der Waals surface area (Å²) in [6, 6.07) is 17.6. The summed E-state index contributed by atoms with van der Waals surface area (Å²) in [5, 5.41) is 16.3. The Kier molecular flexibility index (Phi) is 5.96. The second-order valence-corrected chi connectivity index (χ2v) is 8.55. The van der Waals surface area contributed by atoms with Crippen molar-refractivity contribution in [1.82, 2.24) is 4.98 Å². The minimum atomic E-state index is -4.23. The van der Waals surface area contributed by atoms with Gasteiger partial charge in [-0.2, -0.15) is 5.10 Å². The number of nitrogens with zero attached hydrogens (tertiary/aromatic N) is 2. The predicted octanol–water partition coefficient (Wildman–Crippen LogP) is 4.33. The van der Waals surface area contributed by atoms with Crippen LogP contribution in [0, 0.1) is 10.1 Å². The van der Waals surface area contributed by atoms with Crippen molar-refractivity contribution in [3.05, 3.63) is 88.6 Å². The van der Waals surface area contributed by atoms with Crippen molar-refractivity contribution in [1.29, 1.82) is 0 Å². The highest BCUT2D eigenvalue weighted by Crippen LogP contribution is 2.31. The lowest BCUT2D eigenvalue weighted by atomic mass is 10.2. The normalized spacial score (nSPS) is 11.5. The zero-order chi connectivity index (χ0) is 23.4. The summed E-state index contributed by atoms with van der Waals surface area (Å²) in [6.45, 7) is 0. The highest BCUT2D eigenvalue weighted by molar-refractivity contribution is 7.93. The van der Waals surface area contributed by atoms with Crippen LogP contribution in [0.4, 0.5) is 17.1 Å². The number of fused-ring (bicyclic) bond motifs is 1.